The van der Waals surface area contributed by atoms with Gasteiger partial charge in [0.2, 0.25) is 5.78 Å². The molecule has 10 nitrogen and oxygen atoms in total. The van der Waals surface area contributed by atoms with Gasteiger partial charge in [0, 0.05) is 20.5 Å². The van der Waals surface area contributed by atoms with E-state index in [0.29, 0.717) is 12.8 Å². The molecule has 0 bridgehead atoms. The summed E-state index contributed by atoms with van der Waals surface area (Å²) < 4.78 is 8.78. The number of nitrogens with zero attached hydrogens (tertiary/aromatic N) is 6. The standard InChI is InChI=1S/C14H16N6O4/c1-4-5-8(21)12-16-9(17-24-12)6-20-7-15-11-10(20)13(22)19(3)14(23)18(11)2/h7H,4-6H2,1-3H3. The van der Waals surface area contributed by atoms with Crippen molar-refractivity contribution in [3.63, 3.8) is 0 Å². The Balaban J connectivity index is 2.02. The molecule has 0 amide bonds. The Bertz CT molecular complexity index is 1040. The van der Waals surface area contributed by atoms with E-state index in [1.54, 1.807) is 0 Å². The quantitative estimate of drug-likeness (QED) is 0.596. The monoisotopic (exact) mass is 332 g/mol. The van der Waals surface area contributed by atoms with Gasteiger partial charge in [-0.2, -0.15) is 4.98 Å². The first-order chi connectivity index (χ1) is 11.4. The fourth-order valence-corrected chi connectivity index (χ4v) is 2.43. The molecule has 0 saturated heterocycles. The molecule has 0 radical (unpaired) electrons. The van der Waals surface area contributed by atoms with Crippen molar-refractivity contribution in [1.29, 1.82) is 0 Å². The first kappa shape index (κ1) is 15.8. The van der Waals surface area contributed by atoms with E-state index in [2.05, 4.69) is 15.1 Å². The topological polar surface area (TPSA) is 118 Å². The number of rotatable bonds is 5. The van der Waals surface area contributed by atoms with E-state index in [-0.39, 0.29) is 35.2 Å². The van der Waals surface area contributed by atoms with E-state index in [1.807, 2.05) is 6.92 Å². The average molecular weight is 332 g/mol. The zero-order valence-corrected chi connectivity index (χ0v) is 13.5. The molecule has 3 heterocycles. The molecule has 0 aliphatic carbocycles. The molecule has 0 atom stereocenters. The molecule has 0 aliphatic heterocycles. The van der Waals surface area contributed by atoms with E-state index >= 15 is 0 Å². The number of Topliss-reactive ketones (excluding diaryl/α,β-unsaturated/α-hetero) is 1. The molecule has 3 rings (SSSR count). The van der Waals surface area contributed by atoms with Gasteiger partial charge in [0.05, 0.1) is 12.9 Å². The zero-order chi connectivity index (χ0) is 17.4. The number of aryl methyl sites for hydroxylation is 1. The molecule has 0 fully saturated rings. The number of imidazole rings is 1. The molecule has 126 valence electrons. The van der Waals surface area contributed by atoms with E-state index < -0.39 is 11.2 Å². The Morgan fingerprint density at radius 3 is 2.71 bits per heavy atom. The molecule has 24 heavy (non-hydrogen) atoms. The Morgan fingerprint density at radius 1 is 1.25 bits per heavy atom. The number of fused-ring (bicyclic) bond motifs is 1. The Kier molecular flexibility index (Phi) is 3.87. The van der Waals surface area contributed by atoms with Gasteiger partial charge < -0.3 is 9.09 Å². The lowest BCUT2D eigenvalue weighted by molar-refractivity contribution is 0.0939. The second-order valence-electron chi connectivity index (χ2n) is 5.44. The highest BCUT2D eigenvalue weighted by Crippen LogP contribution is 2.09. The average Bonchev–Trinajstić information content (AvgIpc) is 3.19. The molecule has 0 saturated carbocycles. The van der Waals surface area contributed by atoms with Crippen LogP contribution in [-0.4, -0.2) is 34.6 Å². The normalized spacial score (nSPS) is 11.3. The lowest BCUT2D eigenvalue weighted by Crippen LogP contribution is -2.37. The van der Waals surface area contributed by atoms with E-state index in [1.165, 1.54) is 29.6 Å². The van der Waals surface area contributed by atoms with Crippen LogP contribution in [0.1, 0.15) is 36.3 Å². The summed E-state index contributed by atoms with van der Waals surface area (Å²) in [5.74, 6) is -0.00807. The summed E-state index contributed by atoms with van der Waals surface area (Å²) in [6.45, 7) is 1.99. The number of hydrogen-bond acceptors (Lipinski definition) is 7. The summed E-state index contributed by atoms with van der Waals surface area (Å²) in [5, 5.41) is 3.76. The summed E-state index contributed by atoms with van der Waals surface area (Å²) in [6, 6.07) is 0. The minimum atomic E-state index is -0.462. The van der Waals surface area contributed by atoms with Crippen LogP contribution in [0.5, 0.6) is 0 Å². The maximum Gasteiger partial charge on any atom is 0.332 e. The van der Waals surface area contributed by atoms with Crippen LogP contribution in [0.25, 0.3) is 11.2 Å². The molecule has 0 unspecified atom stereocenters. The third-order valence-corrected chi connectivity index (χ3v) is 3.71. The van der Waals surface area contributed by atoms with Gasteiger partial charge in [0.25, 0.3) is 11.4 Å². The number of hydrogen-bond donors (Lipinski definition) is 0. The van der Waals surface area contributed by atoms with Crippen molar-refractivity contribution in [2.45, 2.75) is 26.3 Å². The van der Waals surface area contributed by atoms with Crippen molar-refractivity contribution in [2.75, 3.05) is 0 Å². The second kappa shape index (κ2) is 5.87. The van der Waals surface area contributed by atoms with Crippen LogP contribution < -0.4 is 11.2 Å². The molecule has 0 N–H and O–H groups in total. The van der Waals surface area contributed by atoms with Crippen LogP contribution >= 0.6 is 0 Å². The molecule has 3 aromatic rings. The van der Waals surface area contributed by atoms with Gasteiger partial charge in [-0.25, -0.2) is 9.78 Å². The molecular formula is C14H16N6O4. The molecule has 10 heteroatoms. The van der Waals surface area contributed by atoms with Gasteiger partial charge in [-0.15, -0.1) is 0 Å². The zero-order valence-electron chi connectivity index (χ0n) is 13.5. The third kappa shape index (κ3) is 2.45. The molecule has 0 spiro atoms. The summed E-state index contributed by atoms with van der Waals surface area (Å²) >= 11 is 0. The summed E-state index contributed by atoms with van der Waals surface area (Å²) in [5.41, 5.74) is -0.388. The van der Waals surface area contributed by atoms with Crippen LogP contribution in [0.15, 0.2) is 20.4 Å². The Labute approximate surface area is 135 Å². The smallest absolute Gasteiger partial charge is 0.331 e. The SMILES string of the molecule is CCCC(=O)c1nc(Cn2cnc3c2c(=O)n(C)c(=O)n3C)no1. The van der Waals surface area contributed by atoms with Crippen LogP contribution in [0.3, 0.4) is 0 Å². The van der Waals surface area contributed by atoms with Gasteiger partial charge in [-0.05, 0) is 6.42 Å². The highest BCUT2D eigenvalue weighted by Gasteiger charge is 2.18. The van der Waals surface area contributed by atoms with Crippen molar-refractivity contribution in [3.8, 4) is 0 Å². The summed E-state index contributed by atoms with van der Waals surface area (Å²) in [7, 11) is 2.94. The lowest BCUT2D eigenvalue weighted by atomic mass is 10.2. The number of ketones is 1. The maximum absolute atomic E-state index is 12.3. The molecule has 0 aliphatic rings. The fraction of sp³-hybridized carbons (Fsp3) is 0.429. The first-order valence-electron chi connectivity index (χ1n) is 7.40. The second-order valence-corrected chi connectivity index (χ2v) is 5.44. The minimum absolute atomic E-state index is 0.0448. The molecule has 3 aromatic heterocycles. The van der Waals surface area contributed by atoms with Gasteiger partial charge in [0.1, 0.15) is 0 Å². The largest absolute Gasteiger partial charge is 0.332 e. The Morgan fingerprint density at radius 2 is 2.00 bits per heavy atom. The van der Waals surface area contributed by atoms with Gasteiger partial charge in [-0.3, -0.25) is 18.7 Å². The molecule has 0 aromatic carbocycles. The van der Waals surface area contributed by atoms with Crippen molar-refractivity contribution < 1.29 is 9.32 Å². The van der Waals surface area contributed by atoms with Crippen molar-refractivity contribution >= 4 is 16.9 Å². The lowest BCUT2D eigenvalue weighted by Gasteiger charge is -2.04. The minimum Gasteiger partial charge on any atom is -0.331 e. The fourth-order valence-electron chi connectivity index (χ4n) is 2.43. The van der Waals surface area contributed by atoms with Crippen LogP contribution in [0.4, 0.5) is 0 Å². The van der Waals surface area contributed by atoms with E-state index in [9.17, 15) is 14.4 Å². The summed E-state index contributed by atoms with van der Waals surface area (Å²) in [6.07, 6.45) is 2.44. The van der Waals surface area contributed by atoms with Crippen molar-refractivity contribution in [3.05, 3.63) is 38.9 Å². The van der Waals surface area contributed by atoms with E-state index in [4.69, 9.17) is 4.52 Å². The third-order valence-electron chi connectivity index (χ3n) is 3.71. The first-order valence-corrected chi connectivity index (χ1v) is 7.40. The van der Waals surface area contributed by atoms with Gasteiger partial charge in [0.15, 0.2) is 17.0 Å². The van der Waals surface area contributed by atoms with Gasteiger partial charge in [-0.1, -0.05) is 12.1 Å². The maximum atomic E-state index is 12.3. The van der Waals surface area contributed by atoms with Crippen molar-refractivity contribution in [2.24, 2.45) is 14.1 Å². The van der Waals surface area contributed by atoms with Crippen LogP contribution in [0.2, 0.25) is 0 Å². The summed E-state index contributed by atoms with van der Waals surface area (Å²) in [4.78, 5) is 44.2. The van der Waals surface area contributed by atoms with Crippen molar-refractivity contribution in [1.82, 2.24) is 28.8 Å². The van der Waals surface area contributed by atoms with Gasteiger partial charge >= 0.3 is 5.69 Å². The molecular weight excluding hydrogens is 316 g/mol. The number of carbonyl (C=O) groups is 1. The predicted molar refractivity (Wildman–Crippen MR) is 82.9 cm³/mol. The number of carbonyl (C=O) groups excluding carboxylic acids is 1. The highest BCUT2D eigenvalue weighted by molar-refractivity contribution is 5.91. The Hall–Kier alpha value is -3.04. The number of aromatic nitrogens is 6. The van der Waals surface area contributed by atoms with Crippen LogP contribution in [0, 0.1) is 0 Å². The van der Waals surface area contributed by atoms with Crippen LogP contribution in [-0.2, 0) is 20.6 Å². The highest BCUT2D eigenvalue weighted by atomic mass is 16.5. The predicted octanol–water partition coefficient (Wildman–Crippen LogP) is -0.152. The van der Waals surface area contributed by atoms with E-state index in [0.717, 1.165) is 4.57 Å².